The third-order valence-electron chi connectivity index (χ3n) is 7.20. The van der Waals surface area contributed by atoms with Crippen molar-refractivity contribution in [1.29, 1.82) is 0 Å². The zero-order valence-corrected chi connectivity index (χ0v) is 22.6. The lowest BCUT2D eigenvalue weighted by Crippen LogP contribution is -2.33. The van der Waals surface area contributed by atoms with Crippen molar-refractivity contribution in [2.24, 2.45) is 0 Å². The fraction of sp³-hybridized carbons (Fsp3) is 0.355. The number of phenols is 2. The molecule has 5 rings (SSSR count). The van der Waals surface area contributed by atoms with E-state index in [0.717, 1.165) is 63.8 Å². The van der Waals surface area contributed by atoms with Gasteiger partial charge in [0.05, 0.1) is 0 Å². The molecule has 1 fully saturated rings. The van der Waals surface area contributed by atoms with Crippen LogP contribution in [0.1, 0.15) is 37.3 Å². The summed E-state index contributed by atoms with van der Waals surface area (Å²) >= 11 is 1.70. The summed E-state index contributed by atoms with van der Waals surface area (Å²) in [6, 6.07) is 19.6. The average molecular weight is 517 g/mol. The first-order valence-electron chi connectivity index (χ1n) is 13.3. The summed E-state index contributed by atoms with van der Waals surface area (Å²) in [4.78, 5) is 5.91. The molecule has 37 heavy (non-hydrogen) atoms. The van der Waals surface area contributed by atoms with Gasteiger partial charge < -0.3 is 19.8 Å². The smallest absolute Gasteiger partial charge is 0.122 e. The van der Waals surface area contributed by atoms with Crippen LogP contribution in [0.5, 0.6) is 17.2 Å². The Kier molecular flexibility index (Phi) is 7.87. The van der Waals surface area contributed by atoms with Crippen LogP contribution >= 0.6 is 11.3 Å². The Balaban J connectivity index is 1.33. The van der Waals surface area contributed by atoms with Gasteiger partial charge in [-0.2, -0.15) is 0 Å². The highest BCUT2D eigenvalue weighted by Gasteiger charge is 2.16. The minimum absolute atomic E-state index is 0.254. The van der Waals surface area contributed by atoms with Crippen molar-refractivity contribution in [2.75, 3.05) is 37.7 Å². The highest BCUT2D eigenvalue weighted by Crippen LogP contribution is 2.41. The van der Waals surface area contributed by atoms with Crippen molar-refractivity contribution in [3.63, 3.8) is 0 Å². The second kappa shape index (κ2) is 11.4. The Morgan fingerprint density at radius 1 is 0.919 bits per heavy atom. The summed E-state index contributed by atoms with van der Waals surface area (Å²) in [5.41, 5.74) is 4.43. The second-order valence-electron chi connectivity index (χ2n) is 9.90. The molecule has 0 unspecified atom stereocenters. The Morgan fingerprint density at radius 2 is 1.70 bits per heavy atom. The molecule has 6 heteroatoms. The first kappa shape index (κ1) is 25.4. The van der Waals surface area contributed by atoms with E-state index in [1.54, 1.807) is 29.5 Å². The Morgan fingerprint density at radius 3 is 2.49 bits per heavy atom. The van der Waals surface area contributed by atoms with Gasteiger partial charge in [-0.1, -0.05) is 18.6 Å². The highest BCUT2D eigenvalue weighted by molar-refractivity contribution is 7.22. The third-order valence-corrected chi connectivity index (χ3v) is 8.34. The molecule has 1 aromatic heterocycles. The molecular formula is C31H36N2O3S. The van der Waals surface area contributed by atoms with Gasteiger partial charge in [0.15, 0.2) is 0 Å². The summed E-state index contributed by atoms with van der Waals surface area (Å²) in [6.45, 7) is 9.88. The molecule has 0 bridgehead atoms. The molecule has 0 spiro atoms. The van der Waals surface area contributed by atoms with Gasteiger partial charge in [0, 0.05) is 46.5 Å². The molecule has 0 atom stereocenters. The lowest BCUT2D eigenvalue weighted by Gasteiger charge is -2.27. The van der Waals surface area contributed by atoms with E-state index in [0.29, 0.717) is 0 Å². The van der Waals surface area contributed by atoms with E-state index in [4.69, 9.17) is 4.74 Å². The van der Waals surface area contributed by atoms with Crippen molar-refractivity contribution in [3.05, 3.63) is 71.8 Å². The fourth-order valence-corrected chi connectivity index (χ4v) is 6.26. The summed E-state index contributed by atoms with van der Waals surface area (Å²) < 4.78 is 7.26. The maximum atomic E-state index is 10.4. The number of aryl methyl sites for hydroxylation is 1. The predicted molar refractivity (Wildman–Crippen MR) is 154 cm³/mol. The summed E-state index contributed by atoms with van der Waals surface area (Å²) in [5.74, 6) is 1.48. The van der Waals surface area contributed by atoms with Crippen molar-refractivity contribution in [2.45, 2.75) is 39.7 Å². The highest BCUT2D eigenvalue weighted by atomic mass is 32.1. The zero-order valence-electron chi connectivity index (χ0n) is 21.7. The SMILES string of the molecule is CCN(Cc1ccc(OCCN2CCCCC2)c(C)c1)c1cc(O)ccc1-c1cc2cc(O)ccc2s1. The van der Waals surface area contributed by atoms with Gasteiger partial charge in [0.25, 0.3) is 0 Å². The molecule has 5 nitrogen and oxygen atoms in total. The second-order valence-corrected chi connectivity index (χ2v) is 11.0. The minimum atomic E-state index is 0.254. The van der Waals surface area contributed by atoms with Gasteiger partial charge in [0.1, 0.15) is 23.9 Å². The monoisotopic (exact) mass is 516 g/mol. The van der Waals surface area contributed by atoms with Gasteiger partial charge in [-0.05, 0) is 98.8 Å². The Hall–Kier alpha value is -3.22. The molecule has 194 valence electrons. The summed E-state index contributed by atoms with van der Waals surface area (Å²) in [7, 11) is 0. The maximum absolute atomic E-state index is 10.4. The minimum Gasteiger partial charge on any atom is -0.508 e. The Bertz CT molecular complexity index is 1360. The molecule has 1 aliphatic heterocycles. The van der Waals surface area contributed by atoms with Crippen LogP contribution in [0.4, 0.5) is 5.69 Å². The maximum Gasteiger partial charge on any atom is 0.122 e. The van der Waals surface area contributed by atoms with E-state index >= 15 is 0 Å². The standard InChI is InChI=1S/C31H36N2O3S/c1-3-33(21-23-7-11-29(22(2)17-23)36-16-15-32-13-5-4-6-14-32)28-20-26(35)8-10-27(28)31-19-24-18-25(34)9-12-30(24)37-31/h7-12,17-20,34-35H,3-6,13-16,21H2,1-2H3. The van der Waals surface area contributed by atoms with Gasteiger partial charge in [0.2, 0.25) is 0 Å². The lowest BCUT2D eigenvalue weighted by atomic mass is 10.1. The van der Waals surface area contributed by atoms with E-state index in [2.05, 4.69) is 47.9 Å². The predicted octanol–water partition coefficient (Wildman–Crippen LogP) is 7.18. The van der Waals surface area contributed by atoms with Gasteiger partial charge in [-0.3, -0.25) is 4.90 Å². The normalized spacial score (nSPS) is 14.2. The lowest BCUT2D eigenvalue weighted by molar-refractivity contribution is 0.183. The van der Waals surface area contributed by atoms with Crippen LogP contribution in [0.15, 0.2) is 60.7 Å². The zero-order chi connectivity index (χ0) is 25.8. The van der Waals surface area contributed by atoms with Gasteiger partial charge in [-0.25, -0.2) is 0 Å². The van der Waals surface area contributed by atoms with Crippen molar-refractivity contribution >= 4 is 27.1 Å². The molecular weight excluding hydrogens is 480 g/mol. The van der Waals surface area contributed by atoms with E-state index < -0.39 is 0 Å². The molecule has 2 heterocycles. The van der Waals surface area contributed by atoms with E-state index in [-0.39, 0.29) is 11.5 Å². The van der Waals surface area contributed by atoms with Crippen LogP contribution in [0, 0.1) is 6.92 Å². The van der Waals surface area contributed by atoms with Crippen LogP contribution in [0.2, 0.25) is 0 Å². The molecule has 0 amide bonds. The number of ether oxygens (including phenoxy) is 1. The van der Waals surface area contributed by atoms with Crippen LogP contribution in [0.3, 0.4) is 0 Å². The molecule has 1 aliphatic rings. The van der Waals surface area contributed by atoms with Crippen LogP contribution < -0.4 is 9.64 Å². The molecule has 0 saturated carbocycles. The molecule has 4 aromatic rings. The van der Waals surface area contributed by atoms with E-state index in [9.17, 15) is 10.2 Å². The number of rotatable bonds is 9. The molecule has 1 saturated heterocycles. The summed E-state index contributed by atoms with van der Waals surface area (Å²) in [5, 5.41) is 21.3. The first-order valence-corrected chi connectivity index (χ1v) is 14.1. The van der Waals surface area contributed by atoms with Crippen molar-refractivity contribution in [3.8, 4) is 27.7 Å². The molecule has 3 aromatic carbocycles. The number of piperidine rings is 1. The van der Waals surface area contributed by atoms with Crippen molar-refractivity contribution in [1.82, 2.24) is 4.90 Å². The third kappa shape index (κ3) is 6.03. The van der Waals surface area contributed by atoms with Crippen molar-refractivity contribution < 1.29 is 14.9 Å². The van der Waals surface area contributed by atoms with E-state index in [1.807, 2.05) is 18.2 Å². The number of nitrogens with zero attached hydrogens (tertiary/aromatic N) is 2. The molecule has 0 radical (unpaired) electrons. The largest absolute Gasteiger partial charge is 0.508 e. The number of aromatic hydroxyl groups is 2. The number of likely N-dealkylation sites (tertiary alicyclic amines) is 1. The van der Waals surface area contributed by atoms with Crippen LogP contribution in [-0.4, -0.2) is 47.9 Å². The van der Waals surface area contributed by atoms with Gasteiger partial charge >= 0.3 is 0 Å². The average Bonchev–Trinajstić information content (AvgIpc) is 3.32. The quantitative estimate of drug-likeness (QED) is 0.247. The van der Waals surface area contributed by atoms with Gasteiger partial charge in [-0.15, -0.1) is 11.3 Å². The molecule has 2 N–H and O–H groups in total. The topological polar surface area (TPSA) is 56.2 Å². The Labute approximate surface area is 223 Å². The number of phenolic OH excluding ortho intramolecular Hbond substituents is 2. The number of hydrogen-bond acceptors (Lipinski definition) is 6. The summed E-state index contributed by atoms with van der Waals surface area (Å²) in [6.07, 6.45) is 3.95. The fourth-order valence-electron chi connectivity index (χ4n) is 5.18. The number of benzene rings is 3. The van der Waals surface area contributed by atoms with E-state index in [1.165, 1.54) is 37.9 Å². The number of anilines is 1. The van der Waals surface area contributed by atoms with Crippen LogP contribution in [0.25, 0.3) is 20.5 Å². The number of fused-ring (bicyclic) bond motifs is 1. The molecule has 0 aliphatic carbocycles. The van der Waals surface area contributed by atoms with Crippen LogP contribution in [-0.2, 0) is 6.54 Å². The number of thiophene rings is 1. The number of hydrogen-bond donors (Lipinski definition) is 2. The first-order chi connectivity index (χ1) is 18.0.